The molecule has 3 heteroatoms. The minimum absolute atomic E-state index is 0.0190. The lowest BCUT2D eigenvalue weighted by atomic mass is 10.1. The van der Waals surface area contributed by atoms with Gasteiger partial charge in [0.2, 0.25) is 0 Å². The Kier molecular flexibility index (Phi) is 3.29. The Bertz CT molecular complexity index is 367. The molecular weight excluding hydrogens is 180 g/mol. The van der Waals surface area contributed by atoms with Crippen molar-refractivity contribution in [1.29, 1.82) is 0 Å². The van der Waals surface area contributed by atoms with E-state index in [4.69, 9.17) is 5.11 Å². The van der Waals surface area contributed by atoms with Gasteiger partial charge in [-0.2, -0.15) is 0 Å². The Hall–Kier alpha value is -1.77. The highest BCUT2D eigenvalue weighted by atomic mass is 16.4. The number of aliphatic hydroxyl groups excluding tert-OH is 1. The third-order valence-corrected chi connectivity index (χ3v) is 1.83. The maximum Gasteiger partial charge on any atom is 0.336 e. The van der Waals surface area contributed by atoms with Crippen LogP contribution in [-0.2, 0) is 0 Å². The number of hydrogen-bond donors (Lipinski definition) is 2. The molecule has 0 aliphatic rings. The number of carboxylic acids is 1. The van der Waals surface area contributed by atoms with E-state index >= 15 is 0 Å². The Balaban J connectivity index is 3.20. The van der Waals surface area contributed by atoms with E-state index in [1.807, 2.05) is 6.92 Å². The summed E-state index contributed by atoms with van der Waals surface area (Å²) in [6.45, 7) is 1.87. The lowest BCUT2D eigenvalue weighted by Gasteiger charge is -2.03. The number of aliphatic hydroxyl groups is 1. The van der Waals surface area contributed by atoms with Crippen LogP contribution in [0.15, 0.2) is 30.3 Å². The molecule has 0 aliphatic carbocycles. The van der Waals surface area contributed by atoms with Crippen molar-refractivity contribution in [1.82, 2.24) is 0 Å². The van der Waals surface area contributed by atoms with E-state index in [0.29, 0.717) is 12.0 Å². The Labute approximate surface area is 82.3 Å². The summed E-state index contributed by atoms with van der Waals surface area (Å²) >= 11 is 0. The standard InChI is InChI=1S/C11H12O3/c1-2-5-10(12)8-6-3-4-7-9(8)11(13)14/h3-7,12H,2H2,1H3,(H,13,14)/b10-5-. The van der Waals surface area contributed by atoms with Crippen LogP contribution in [0.1, 0.15) is 29.3 Å². The molecule has 1 rings (SSSR count). The Morgan fingerprint density at radius 3 is 2.36 bits per heavy atom. The number of carboxylic acid groups (broad SMARTS) is 1. The van der Waals surface area contributed by atoms with Crippen molar-refractivity contribution in [3.63, 3.8) is 0 Å². The minimum atomic E-state index is -1.03. The summed E-state index contributed by atoms with van der Waals surface area (Å²) in [5, 5.41) is 18.4. The number of aromatic carboxylic acids is 1. The van der Waals surface area contributed by atoms with Crippen LogP contribution in [0.2, 0.25) is 0 Å². The number of allylic oxidation sites excluding steroid dienone is 1. The topological polar surface area (TPSA) is 57.5 Å². The minimum Gasteiger partial charge on any atom is -0.508 e. The maximum absolute atomic E-state index is 10.8. The van der Waals surface area contributed by atoms with Crippen LogP contribution in [-0.4, -0.2) is 16.2 Å². The highest BCUT2D eigenvalue weighted by Gasteiger charge is 2.10. The molecular formula is C11H12O3. The molecule has 74 valence electrons. The molecule has 1 aromatic rings. The van der Waals surface area contributed by atoms with Gasteiger partial charge in [-0.15, -0.1) is 0 Å². The van der Waals surface area contributed by atoms with Crippen molar-refractivity contribution in [3.8, 4) is 0 Å². The number of benzene rings is 1. The lowest BCUT2D eigenvalue weighted by molar-refractivity contribution is 0.0696. The zero-order valence-electron chi connectivity index (χ0n) is 7.90. The predicted molar refractivity (Wildman–Crippen MR) is 54.3 cm³/mol. The molecule has 14 heavy (non-hydrogen) atoms. The van der Waals surface area contributed by atoms with Crippen LogP contribution in [0.3, 0.4) is 0 Å². The van der Waals surface area contributed by atoms with Crippen LogP contribution >= 0.6 is 0 Å². The summed E-state index contributed by atoms with van der Waals surface area (Å²) in [6.07, 6.45) is 2.25. The van der Waals surface area contributed by atoms with E-state index < -0.39 is 5.97 Å². The average molecular weight is 192 g/mol. The molecule has 2 N–H and O–H groups in total. The monoisotopic (exact) mass is 192 g/mol. The molecule has 0 bridgehead atoms. The Morgan fingerprint density at radius 2 is 1.86 bits per heavy atom. The van der Waals surface area contributed by atoms with Crippen LogP contribution in [0.4, 0.5) is 0 Å². The van der Waals surface area contributed by atoms with Crippen LogP contribution < -0.4 is 0 Å². The predicted octanol–water partition coefficient (Wildman–Crippen LogP) is 2.69. The third kappa shape index (κ3) is 2.13. The second kappa shape index (κ2) is 4.46. The summed E-state index contributed by atoms with van der Waals surface area (Å²) in [7, 11) is 0. The van der Waals surface area contributed by atoms with Crippen LogP contribution in [0.5, 0.6) is 0 Å². The van der Waals surface area contributed by atoms with Gasteiger partial charge < -0.3 is 10.2 Å². The fourth-order valence-electron chi connectivity index (χ4n) is 1.20. The fraction of sp³-hybridized carbons (Fsp3) is 0.182. The molecule has 0 saturated carbocycles. The first kappa shape index (κ1) is 10.3. The normalized spacial score (nSPS) is 11.4. The zero-order chi connectivity index (χ0) is 10.6. The summed E-state index contributed by atoms with van der Waals surface area (Å²) in [6, 6.07) is 6.38. The van der Waals surface area contributed by atoms with Gasteiger partial charge in [0.05, 0.1) is 5.56 Å². The first-order valence-electron chi connectivity index (χ1n) is 4.38. The van der Waals surface area contributed by atoms with E-state index in [1.165, 1.54) is 6.07 Å². The second-order valence-electron chi connectivity index (χ2n) is 2.85. The smallest absolute Gasteiger partial charge is 0.336 e. The number of rotatable bonds is 3. The van der Waals surface area contributed by atoms with E-state index in [-0.39, 0.29) is 11.3 Å². The van der Waals surface area contributed by atoms with Crippen molar-refractivity contribution in [2.45, 2.75) is 13.3 Å². The van der Waals surface area contributed by atoms with Crippen molar-refractivity contribution in [2.24, 2.45) is 0 Å². The van der Waals surface area contributed by atoms with Crippen molar-refractivity contribution in [3.05, 3.63) is 41.5 Å². The van der Waals surface area contributed by atoms with Crippen molar-refractivity contribution >= 4 is 11.7 Å². The molecule has 0 aromatic heterocycles. The molecule has 0 amide bonds. The van der Waals surface area contributed by atoms with Crippen molar-refractivity contribution in [2.75, 3.05) is 0 Å². The molecule has 0 unspecified atom stereocenters. The van der Waals surface area contributed by atoms with Gasteiger partial charge in [0.15, 0.2) is 0 Å². The molecule has 0 atom stereocenters. The van der Waals surface area contributed by atoms with Gasteiger partial charge in [-0.1, -0.05) is 25.1 Å². The van der Waals surface area contributed by atoms with Gasteiger partial charge in [0, 0.05) is 5.56 Å². The number of hydrogen-bond acceptors (Lipinski definition) is 2. The van der Waals surface area contributed by atoms with Gasteiger partial charge in [-0.05, 0) is 18.6 Å². The first-order chi connectivity index (χ1) is 6.66. The fourth-order valence-corrected chi connectivity index (χ4v) is 1.20. The molecule has 0 saturated heterocycles. The molecule has 0 fully saturated rings. The molecule has 3 nitrogen and oxygen atoms in total. The van der Waals surface area contributed by atoms with Gasteiger partial charge >= 0.3 is 5.97 Å². The average Bonchev–Trinajstić information content (AvgIpc) is 2.18. The highest BCUT2D eigenvalue weighted by molar-refractivity contribution is 5.93. The van der Waals surface area contributed by atoms with Crippen molar-refractivity contribution < 1.29 is 15.0 Å². The number of carbonyl (C=O) groups is 1. The molecule has 0 aliphatic heterocycles. The maximum atomic E-state index is 10.8. The van der Waals surface area contributed by atoms with Crippen LogP contribution in [0, 0.1) is 0 Å². The second-order valence-corrected chi connectivity index (χ2v) is 2.85. The highest BCUT2D eigenvalue weighted by Crippen LogP contribution is 2.17. The molecule has 0 spiro atoms. The van der Waals surface area contributed by atoms with Gasteiger partial charge in [0.25, 0.3) is 0 Å². The SMILES string of the molecule is CC/C=C(\O)c1ccccc1C(=O)O. The molecule has 0 heterocycles. The zero-order valence-corrected chi connectivity index (χ0v) is 7.90. The summed E-state index contributed by atoms with van der Waals surface area (Å²) in [5.41, 5.74) is 0.483. The van der Waals surface area contributed by atoms with E-state index in [2.05, 4.69) is 0 Å². The van der Waals surface area contributed by atoms with Crippen LogP contribution in [0.25, 0.3) is 5.76 Å². The Morgan fingerprint density at radius 1 is 1.29 bits per heavy atom. The molecule has 1 aromatic carbocycles. The van der Waals surface area contributed by atoms with E-state index in [1.54, 1.807) is 24.3 Å². The van der Waals surface area contributed by atoms with E-state index in [9.17, 15) is 9.90 Å². The summed E-state index contributed by atoms with van der Waals surface area (Å²) in [4.78, 5) is 10.8. The quantitative estimate of drug-likeness (QED) is 0.724. The lowest BCUT2D eigenvalue weighted by Crippen LogP contribution is -2.01. The summed E-state index contributed by atoms with van der Waals surface area (Å²) < 4.78 is 0. The third-order valence-electron chi connectivity index (χ3n) is 1.83. The summed E-state index contributed by atoms with van der Waals surface area (Å²) in [5.74, 6) is -1.01. The van der Waals surface area contributed by atoms with Gasteiger partial charge in [0.1, 0.15) is 5.76 Å². The van der Waals surface area contributed by atoms with Gasteiger partial charge in [-0.25, -0.2) is 4.79 Å². The largest absolute Gasteiger partial charge is 0.508 e. The first-order valence-corrected chi connectivity index (χ1v) is 4.38. The molecule has 0 radical (unpaired) electrons. The van der Waals surface area contributed by atoms with E-state index in [0.717, 1.165) is 0 Å². The van der Waals surface area contributed by atoms with Gasteiger partial charge in [-0.3, -0.25) is 0 Å².